The van der Waals surface area contributed by atoms with Crippen LogP contribution in [-0.2, 0) is 0 Å². The maximum atomic E-state index is 12.0. The van der Waals surface area contributed by atoms with Crippen molar-refractivity contribution in [3.8, 4) is 0 Å². The Labute approximate surface area is 154 Å². The lowest BCUT2D eigenvalue weighted by Crippen LogP contribution is -2.03. The Morgan fingerprint density at radius 1 is 1.39 bits per heavy atom. The number of ketones is 1. The highest BCUT2D eigenvalue weighted by Crippen LogP contribution is 2.28. The topological polar surface area (TPSA) is 54.9 Å². The Bertz CT molecular complexity index is 629. The fraction of sp³-hybridized carbons (Fsp3) is 0.533. The SMILES string of the molecule is CC[C@H](C)CCCNc1nnc(SCC(=O)c2ccc(Cl)s2)s1. The number of rotatable bonds is 10. The van der Waals surface area contributed by atoms with E-state index in [0.717, 1.165) is 28.4 Å². The number of thioether (sulfide) groups is 1. The molecule has 1 atom stereocenters. The normalized spacial score (nSPS) is 12.3. The molecule has 0 saturated carbocycles. The maximum Gasteiger partial charge on any atom is 0.206 e. The molecular formula is C15H20ClN3OS3. The zero-order chi connectivity index (χ0) is 16.7. The predicted molar refractivity (Wildman–Crippen MR) is 101 cm³/mol. The van der Waals surface area contributed by atoms with Gasteiger partial charge in [-0.2, -0.15) is 0 Å². The molecule has 0 aromatic carbocycles. The highest BCUT2D eigenvalue weighted by molar-refractivity contribution is 8.01. The number of halogens is 1. The van der Waals surface area contributed by atoms with Crippen LogP contribution in [0.3, 0.4) is 0 Å². The number of anilines is 1. The summed E-state index contributed by atoms with van der Waals surface area (Å²) in [7, 11) is 0. The van der Waals surface area contributed by atoms with E-state index in [1.54, 1.807) is 12.1 Å². The van der Waals surface area contributed by atoms with Crippen molar-refractivity contribution in [3.05, 3.63) is 21.3 Å². The van der Waals surface area contributed by atoms with E-state index in [2.05, 4.69) is 29.4 Å². The first-order chi connectivity index (χ1) is 11.1. The van der Waals surface area contributed by atoms with Crippen LogP contribution in [0.25, 0.3) is 0 Å². The second kappa shape index (κ2) is 9.61. The molecular weight excluding hydrogens is 370 g/mol. The third kappa shape index (κ3) is 6.41. The van der Waals surface area contributed by atoms with E-state index in [0.29, 0.717) is 15.0 Å². The summed E-state index contributed by atoms with van der Waals surface area (Å²) in [6.07, 6.45) is 3.58. The van der Waals surface area contributed by atoms with Gasteiger partial charge in [-0.25, -0.2) is 0 Å². The highest BCUT2D eigenvalue weighted by Gasteiger charge is 2.12. The molecule has 0 unspecified atom stereocenters. The lowest BCUT2D eigenvalue weighted by atomic mass is 10.0. The zero-order valence-corrected chi connectivity index (χ0v) is 16.4. The first-order valence-corrected chi connectivity index (χ1v) is 10.6. The predicted octanol–water partition coefficient (Wildman–Crippen LogP) is 5.47. The van der Waals surface area contributed by atoms with Gasteiger partial charge in [0.2, 0.25) is 5.13 Å². The van der Waals surface area contributed by atoms with Crippen LogP contribution in [0.4, 0.5) is 5.13 Å². The number of thiophene rings is 1. The van der Waals surface area contributed by atoms with Crippen molar-refractivity contribution in [1.82, 2.24) is 10.2 Å². The summed E-state index contributed by atoms with van der Waals surface area (Å²) in [4.78, 5) is 12.7. The maximum absolute atomic E-state index is 12.0. The molecule has 2 aromatic rings. The summed E-state index contributed by atoms with van der Waals surface area (Å²) < 4.78 is 1.45. The minimum Gasteiger partial charge on any atom is -0.360 e. The van der Waals surface area contributed by atoms with Gasteiger partial charge in [0.25, 0.3) is 0 Å². The molecule has 0 aliphatic carbocycles. The van der Waals surface area contributed by atoms with Crippen molar-refractivity contribution in [1.29, 1.82) is 0 Å². The molecule has 23 heavy (non-hydrogen) atoms. The van der Waals surface area contributed by atoms with Gasteiger partial charge in [-0.15, -0.1) is 21.5 Å². The van der Waals surface area contributed by atoms with E-state index in [-0.39, 0.29) is 5.78 Å². The van der Waals surface area contributed by atoms with Gasteiger partial charge in [0.15, 0.2) is 10.1 Å². The standard InChI is InChI=1S/C15H20ClN3OS3/c1-3-10(2)5-4-8-17-14-18-19-15(23-14)21-9-11(20)12-6-7-13(16)22-12/h6-7,10H,3-5,8-9H2,1-2H3,(H,17,18)/t10-/m0/s1. The summed E-state index contributed by atoms with van der Waals surface area (Å²) in [5.41, 5.74) is 0. The molecule has 0 spiro atoms. The molecule has 0 bridgehead atoms. The summed E-state index contributed by atoms with van der Waals surface area (Å²) in [5.74, 6) is 1.21. The second-order valence-electron chi connectivity index (χ2n) is 5.27. The number of aromatic nitrogens is 2. The molecule has 0 amide bonds. The van der Waals surface area contributed by atoms with Crippen molar-refractivity contribution in [2.75, 3.05) is 17.6 Å². The molecule has 2 heterocycles. The Hall–Kier alpha value is -0.630. The Balaban J connectivity index is 1.71. The van der Waals surface area contributed by atoms with Gasteiger partial charge in [0.1, 0.15) is 0 Å². The van der Waals surface area contributed by atoms with Crippen LogP contribution >= 0.6 is 46.0 Å². The lowest BCUT2D eigenvalue weighted by molar-refractivity contribution is 0.102. The van der Waals surface area contributed by atoms with E-state index in [1.807, 2.05) is 0 Å². The van der Waals surface area contributed by atoms with Crippen molar-refractivity contribution < 1.29 is 4.79 Å². The number of carbonyl (C=O) groups is 1. The molecule has 2 aromatic heterocycles. The summed E-state index contributed by atoms with van der Waals surface area (Å²) >= 11 is 10.1. The van der Waals surface area contributed by atoms with Crippen LogP contribution in [-0.4, -0.2) is 28.3 Å². The third-order valence-electron chi connectivity index (χ3n) is 3.43. The first kappa shape index (κ1) is 18.7. The number of hydrogen-bond donors (Lipinski definition) is 1. The molecule has 0 saturated heterocycles. The van der Waals surface area contributed by atoms with Gasteiger partial charge in [0.05, 0.1) is 15.0 Å². The van der Waals surface area contributed by atoms with Crippen LogP contribution in [0, 0.1) is 5.92 Å². The fourth-order valence-corrected chi connectivity index (χ4v) is 4.58. The van der Waals surface area contributed by atoms with Crippen molar-refractivity contribution in [3.63, 3.8) is 0 Å². The third-order valence-corrected chi connectivity index (χ3v) is 6.71. The average Bonchev–Trinajstić information content (AvgIpc) is 3.18. The van der Waals surface area contributed by atoms with Crippen LogP contribution in [0.2, 0.25) is 4.34 Å². The molecule has 4 nitrogen and oxygen atoms in total. The van der Waals surface area contributed by atoms with Crippen LogP contribution in [0.15, 0.2) is 16.5 Å². The minimum absolute atomic E-state index is 0.0742. The molecule has 0 aliphatic heterocycles. The van der Waals surface area contributed by atoms with Gasteiger partial charge >= 0.3 is 0 Å². The van der Waals surface area contributed by atoms with Crippen molar-refractivity contribution in [2.24, 2.45) is 5.92 Å². The average molecular weight is 390 g/mol. The molecule has 0 fully saturated rings. The van der Waals surface area contributed by atoms with Crippen molar-refractivity contribution >= 4 is 57.0 Å². The van der Waals surface area contributed by atoms with Gasteiger partial charge in [-0.1, -0.05) is 55.0 Å². The van der Waals surface area contributed by atoms with Crippen LogP contribution in [0.5, 0.6) is 0 Å². The number of nitrogens with one attached hydrogen (secondary N) is 1. The Kier molecular flexibility index (Phi) is 7.82. The first-order valence-electron chi connectivity index (χ1n) is 7.57. The molecule has 1 N–H and O–H groups in total. The molecule has 0 aliphatic rings. The van der Waals surface area contributed by atoms with Gasteiger partial charge < -0.3 is 5.32 Å². The summed E-state index contributed by atoms with van der Waals surface area (Å²) in [6, 6.07) is 3.51. The minimum atomic E-state index is 0.0742. The van der Waals surface area contributed by atoms with E-state index in [4.69, 9.17) is 11.6 Å². The van der Waals surface area contributed by atoms with E-state index in [9.17, 15) is 4.79 Å². The summed E-state index contributed by atoms with van der Waals surface area (Å²) in [5, 5.41) is 12.3. The van der Waals surface area contributed by atoms with E-state index < -0.39 is 0 Å². The Morgan fingerprint density at radius 3 is 2.91 bits per heavy atom. The smallest absolute Gasteiger partial charge is 0.206 e. The fourth-order valence-electron chi connectivity index (χ4n) is 1.85. The van der Waals surface area contributed by atoms with Crippen LogP contribution in [0.1, 0.15) is 42.8 Å². The largest absolute Gasteiger partial charge is 0.360 e. The van der Waals surface area contributed by atoms with Crippen LogP contribution < -0.4 is 5.32 Å². The second-order valence-corrected chi connectivity index (χ2v) is 9.19. The zero-order valence-electron chi connectivity index (χ0n) is 13.2. The van der Waals surface area contributed by atoms with E-state index >= 15 is 0 Å². The molecule has 8 heteroatoms. The number of carbonyl (C=O) groups excluding carboxylic acids is 1. The number of hydrogen-bond acceptors (Lipinski definition) is 7. The quantitative estimate of drug-likeness (QED) is 0.332. The molecule has 0 radical (unpaired) electrons. The Morgan fingerprint density at radius 2 is 2.22 bits per heavy atom. The monoisotopic (exact) mass is 389 g/mol. The van der Waals surface area contributed by atoms with Gasteiger partial charge in [-0.05, 0) is 30.9 Å². The number of nitrogens with zero attached hydrogens (tertiary/aromatic N) is 2. The number of Topliss-reactive ketones (excluding diaryl/α,β-unsaturated/α-hetero) is 1. The van der Waals surface area contributed by atoms with Gasteiger partial charge in [0, 0.05) is 6.54 Å². The summed E-state index contributed by atoms with van der Waals surface area (Å²) in [6.45, 7) is 5.41. The van der Waals surface area contributed by atoms with Crippen molar-refractivity contribution in [2.45, 2.75) is 37.4 Å². The van der Waals surface area contributed by atoms with Gasteiger partial charge in [-0.3, -0.25) is 4.79 Å². The highest BCUT2D eigenvalue weighted by atomic mass is 35.5. The molecule has 126 valence electrons. The molecule has 2 rings (SSSR count). The van der Waals surface area contributed by atoms with E-state index in [1.165, 1.54) is 47.3 Å². The lowest BCUT2D eigenvalue weighted by Gasteiger charge is -2.07.